The summed E-state index contributed by atoms with van der Waals surface area (Å²) < 4.78 is 5.21. The van der Waals surface area contributed by atoms with Crippen LogP contribution in [0.2, 0.25) is 0 Å². The summed E-state index contributed by atoms with van der Waals surface area (Å²) in [5, 5.41) is 10.3. The molecule has 0 aromatic heterocycles. The van der Waals surface area contributed by atoms with Crippen LogP contribution in [0.25, 0.3) is 0 Å². The van der Waals surface area contributed by atoms with Gasteiger partial charge in [0.1, 0.15) is 11.9 Å². The Morgan fingerprint density at radius 3 is 2.33 bits per heavy atom. The van der Waals surface area contributed by atoms with Crippen LogP contribution in [0.5, 0.6) is 0 Å². The Morgan fingerprint density at radius 1 is 1.29 bits per heavy atom. The lowest BCUT2D eigenvalue weighted by Crippen LogP contribution is -2.47. The molecule has 0 aromatic carbocycles. The largest absolute Gasteiger partial charge is 0.461 e. The monoisotopic (exact) mass is 338 g/mol. The minimum absolute atomic E-state index is 0.0157. The highest BCUT2D eigenvalue weighted by Gasteiger charge is 2.41. The molecule has 7 atom stereocenters. The van der Waals surface area contributed by atoms with Gasteiger partial charge >= 0.3 is 5.97 Å². The first kappa shape index (κ1) is 20.9. The van der Waals surface area contributed by atoms with Gasteiger partial charge in [-0.15, -0.1) is 0 Å². The van der Waals surface area contributed by atoms with E-state index in [1.807, 2.05) is 47.6 Å². The van der Waals surface area contributed by atoms with Crippen LogP contribution in [-0.4, -0.2) is 29.1 Å². The van der Waals surface area contributed by atoms with Crippen LogP contribution in [0.4, 0.5) is 0 Å². The summed E-state index contributed by atoms with van der Waals surface area (Å²) in [6, 6.07) is 0. The van der Waals surface area contributed by atoms with Gasteiger partial charge in [-0.25, -0.2) is 0 Å². The van der Waals surface area contributed by atoms with Gasteiger partial charge in [-0.3, -0.25) is 9.59 Å². The average Bonchev–Trinajstić information content (AvgIpc) is 2.55. The molecule has 24 heavy (non-hydrogen) atoms. The highest BCUT2D eigenvalue weighted by Crippen LogP contribution is 2.32. The summed E-state index contributed by atoms with van der Waals surface area (Å²) in [5.74, 6) is -0.271. The first-order chi connectivity index (χ1) is 11.1. The third-order valence-corrected chi connectivity index (χ3v) is 5.49. The van der Waals surface area contributed by atoms with E-state index in [1.54, 1.807) is 0 Å². The van der Waals surface area contributed by atoms with E-state index in [0.717, 1.165) is 18.4 Å². The van der Waals surface area contributed by atoms with Crippen LogP contribution in [0, 0.1) is 29.6 Å². The zero-order valence-corrected chi connectivity index (χ0v) is 16.2. The SMILES string of the molecule is CC[C@H](C)[C@H](O)[C@H](C)C(=O)[C@H](C)/C=C(/C)C[C@H](C)[C@@H]1OC(=O)[C@H]1C. The molecule has 0 bridgehead atoms. The van der Waals surface area contributed by atoms with Gasteiger partial charge < -0.3 is 9.84 Å². The number of hydrogen-bond donors (Lipinski definition) is 1. The van der Waals surface area contributed by atoms with Crippen LogP contribution in [-0.2, 0) is 14.3 Å². The normalized spacial score (nSPS) is 27.5. The number of hydrogen-bond acceptors (Lipinski definition) is 4. The molecular formula is C20H34O4. The quantitative estimate of drug-likeness (QED) is 0.513. The van der Waals surface area contributed by atoms with Gasteiger partial charge in [-0.1, -0.05) is 52.7 Å². The van der Waals surface area contributed by atoms with Gasteiger partial charge in [0.2, 0.25) is 0 Å². The highest BCUT2D eigenvalue weighted by molar-refractivity contribution is 5.85. The van der Waals surface area contributed by atoms with E-state index >= 15 is 0 Å². The van der Waals surface area contributed by atoms with Crippen molar-refractivity contribution < 1.29 is 19.4 Å². The average molecular weight is 338 g/mol. The third-order valence-electron chi connectivity index (χ3n) is 5.49. The van der Waals surface area contributed by atoms with Crippen LogP contribution in [0.3, 0.4) is 0 Å². The standard InChI is InChI=1S/C20H34O4/c1-8-12(3)17(21)15(6)18(22)13(4)9-11(2)10-14(5)19-16(7)20(23)24-19/h9,12-17,19,21H,8,10H2,1-7H3/b11-9-/t12-,13+,14-,15-,16-,17-,19-/m0/s1. The minimum atomic E-state index is -0.590. The van der Waals surface area contributed by atoms with Crippen molar-refractivity contribution in [3.05, 3.63) is 11.6 Å². The first-order valence-electron chi connectivity index (χ1n) is 9.19. The highest BCUT2D eigenvalue weighted by atomic mass is 16.6. The Kier molecular flexibility index (Phi) is 7.65. The molecule has 1 fully saturated rings. The first-order valence-corrected chi connectivity index (χ1v) is 9.19. The van der Waals surface area contributed by atoms with E-state index in [9.17, 15) is 14.7 Å². The number of aliphatic hydroxyl groups is 1. The maximum absolute atomic E-state index is 12.5. The maximum atomic E-state index is 12.5. The number of rotatable bonds is 9. The number of carbonyl (C=O) groups is 2. The molecule has 4 heteroatoms. The van der Waals surface area contributed by atoms with Crippen LogP contribution in [0.1, 0.15) is 61.3 Å². The van der Waals surface area contributed by atoms with Crippen molar-refractivity contribution in [2.75, 3.05) is 0 Å². The second-order valence-electron chi connectivity index (χ2n) is 7.74. The molecule has 1 heterocycles. The molecule has 0 aliphatic carbocycles. The zero-order valence-electron chi connectivity index (χ0n) is 16.2. The van der Waals surface area contributed by atoms with E-state index < -0.39 is 6.10 Å². The number of carbonyl (C=O) groups excluding carboxylic acids is 2. The predicted octanol–water partition coefficient (Wildman–Crippen LogP) is 3.77. The Morgan fingerprint density at radius 2 is 1.88 bits per heavy atom. The predicted molar refractivity (Wildman–Crippen MR) is 95.4 cm³/mol. The second kappa shape index (κ2) is 8.80. The van der Waals surface area contributed by atoms with E-state index in [0.29, 0.717) is 0 Å². The molecule has 0 unspecified atom stereocenters. The molecule has 1 aliphatic rings. The van der Waals surface area contributed by atoms with Crippen molar-refractivity contribution in [3.63, 3.8) is 0 Å². The molecule has 0 spiro atoms. The van der Waals surface area contributed by atoms with Crippen molar-refractivity contribution in [2.45, 2.75) is 73.5 Å². The molecule has 0 saturated carbocycles. The van der Waals surface area contributed by atoms with E-state index in [1.165, 1.54) is 0 Å². The Balaban J connectivity index is 2.60. The molecule has 4 nitrogen and oxygen atoms in total. The number of Topliss-reactive ketones (excluding diaryl/α,β-unsaturated/α-hetero) is 1. The molecule has 0 aromatic rings. The van der Waals surface area contributed by atoms with E-state index in [4.69, 9.17) is 4.74 Å². The van der Waals surface area contributed by atoms with Crippen molar-refractivity contribution in [1.82, 2.24) is 0 Å². The number of ether oxygens (including phenoxy) is 1. The summed E-state index contributed by atoms with van der Waals surface area (Å²) in [6.07, 6.45) is 3.05. The van der Waals surface area contributed by atoms with Crippen molar-refractivity contribution in [3.8, 4) is 0 Å². The van der Waals surface area contributed by atoms with Crippen LogP contribution < -0.4 is 0 Å². The summed E-state index contributed by atoms with van der Waals surface area (Å²) in [5.41, 5.74) is 1.13. The third kappa shape index (κ3) is 4.92. The Hall–Kier alpha value is -1.16. The molecule has 138 valence electrons. The van der Waals surface area contributed by atoms with Crippen LogP contribution in [0.15, 0.2) is 11.6 Å². The molecular weight excluding hydrogens is 304 g/mol. The second-order valence-corrected chi connectivity index (χ2v) is 7.74. The maximum Gasteiger partial charge on any atom is 0.312 e. The lowest BCUT2D eigenvalue weighted by Gasteiger charge is -2.37. The van der Waals surface area contributed by atoms with Crippen molar-refractivity contribution in [2.24, 2.45) is 29.6 Å². The summed E-state index contributed by atoms with van der Waals surface area (Å²) in [6.45, 7) is 13.7. The molecule has 0 amide bonds. The molecule has 1 aliphatic heterocycles. The van der Waals surface area contributed by atoms with Crippen LogP contribution >= 0.6 is 0 Å². The van der Waals surface area contributed by atoms with Gasteiger partial charge in [0.15, 0.2) is 0 Å². The number of allylic oxidation sites excluding steroid dienone is 2. The number of esters is 1. The topological polar surface area (TPSA) is 63.6 Å². The molecule has 1 rings (SSSR count). The van der Waals surface area contributed by atoms with E-state index in [-0.39, 0.29) is 47.4 Å². The number of aliphatic hydroxyl groups excluding tert-OH is 1. The molecule has 1 N–H and O–H groups in total. The number of cyclic esters (lactones) is 1. The summed E-state index contributed by atoms with van der Waals surface area (Å²) in [4.78, 5) is 23.8. The fourth-order valence-corrected chi connectivity index (χ4v) is 3.53. The van der Waals surface area contributed by atoms with Crippen molar-refractivity contribution >= 4 is 11.8 Å². The summed E-state index contributed by atoms with van der Waals surface area (Å²) >= 11 is 0. The number of ketones is 1. The fourth-order valence-electron chi connectivity index (χ4n) is 3.53. The smallest absolute Gasteiger partial charge is 0.312 e. The summed E-state index contributed by atoms with van der Waals surface area (Å²) in [7, 11) is 0. The van der Waals surface area contributed by atoms with Gasteiger partial charge in [-0.2, -0.15) is 0 Å². The van der Waals surface area contributed by atoms with Gasteiger partial charge in [0.25, 0.3) is 0 Å². The van der Waals surface area contributed by atoms with Gasteiger partial charge in [0, 0.05) is 11.8 Å². The fraction of sp³-hybridized carbons (Fsp3) is 0.800. The van der Waals surface area contributed by atoms with Gasteiger partial charge in [0.05, 0.1) is 12.0 Å². The van der Waals surface area contributed by atoms with Gasteiger partial charge in [-0.05, 0) is 32.1 Å². The Bertz CT molecular complexity index is 482. The molecule has 1 saturated heterocycles. The van der Waals surface area contributed by atoms with E-state index in [2.05, 4.69) is 6.92 Å². The lowest BCUT2D eigenvalue weighted by molar-refractivity contribution is -0.188. The minimum Gasteiger partial charge on any atom is -0.461 e. The lowest BCUT2D eigenvalue weighted by atomic mass is 9.82. The van der Waals surface area contributed by atoms with Crippen molar-refractivity contribution in [1.29, 1.82) is 0 Å². The Labute approximate surface area is 146 Å². The zero-order chi connectivity index (χ0) is 18.6. The molecule has 0 radical (unpaired) electrons.